The Balaban J connectivity index is 0.00000324. The number of carbonyl (C=O) groups is 1. The molecule has 0 unspecified atom stereocenters. The fourth-order valence-electron chi connectivity index (χ4n) is 0.949. The fraction of sp³-hybridized carbons (Fsp3) is 0.375. The monoisotopic (exact) mass is 361 g/mol. The second-order valence-electron chi connectivity index (χ2n) is 2.78. The number of carbonyl (C=O) groups excluding carboxylic acids is 1. The zero-order chi connectivity index (χ0) is 13.4. The second kappa shape index (κ2) is 10.8. The zero-order valence-electron chi connectivity index (χ0n) is 10.2. The van der Waals surface area contributed by atoms with E-state index in [0.717, 1.165) is 0 Å². The van der Waals surface area contributed by atoms with Gasteiger partial charge in [-0.15, -0.1) is 0 Å². The molecule has 0 bridgehead atoms. The molecule has 0 aromatic carbocycles. The molecule has 1 amide bonds. The van der Waals surface area contributed by atoms with Crippen LogP contribution in [0.25, 0.3) is 0 Å². The van der Waals surface area contributed by atoms with Crippen LogP contribution >= 0.6 is 28.0 Å². The van der Waals surface area contributed by atoms with Gasteiger partial charge in [0.15, 0.2) is 10.8 Å². The summed E-state index contributed by atoms with van der Waals surface area (Å²) in [5.74, 6) is 0.140. The SMILES string of the molecule is COc1nc(NC(=O)CCBr)cnc1SOO[O-].[Na+]. The molecule has 0 atom stereocenters. The first-order chi connectivity index (χ1) is 8.71. The number of halogens is 1. The largest absolute Gasteiger partial charge is 1.00 e. The van der Waals surface area contributed by atoms with Crippen molar-refractivity contribution in [3.63, 3.8) is 0 Å². The molecular weight excluding hydrogens is 353 g/mol. The van der Waals surface area contributed by atoms with E-state index in [1.165, 1.54) is 13.3 Å². The van der Waals surface area contributed by atoms with Crippen molar-refractivity contribution >= 4 is 39.7 Å². The van der Waals surface area contributed by atoms with Gasteiger partial charge in [0.2, 0.25) is 5.91 Å². The minimum absolute atomic E-state index is 0. The van der Waals surface area contributed by atoms with Crippen LogP contribution in [0.3, 0.4) is 0 Å². The second-order valence-corrected chi connectivity index (χ2v) is 4.26. The minimum atomic E-state index is -0.206. The van der Waals surface area contributed by atoms with Crippen molar-refractivity contribution in [3.8, 4) is 5.88 Å². The molecule has 1 aromatic heterocycles. The van der Waals surface area contributed by atoms with E-state index in [1.54, 1.807) is 0 Å². The number of rotatable bonds is 7. The van der Waals surface area contributed by atoms with Gasteiger partial charge in [-0.2, -0.15) is 9.32 Å². The molecule has 0 radical (unpaired) electrons. The van der Waals surface area contributed by atoms with Gasteiger partial charge in [0.05, 0.1) is 25.3 Å². The number of ether oxygens (including phenoxy) is 1. The molecule has 0 saturated heterocycles. The Kier molecular flexibility index (Phi) is 10.8. The average Bonchev–Trinajstić information content (AvgIpc) is 2.37. The zero-order valence-corrected chi connectivity index (χ0v) is 14.6. The molecule has 0 spiro atoms. The Hall–Kier alpha value is 0.0600. The summed E-state index contributed by atoms with van der Waals surface area (Å²) in [6.45, 7) is 0. The van der Waals surface area contributed by atoms with Crippen LogP contribution in [0.15, 0.2) is 11.2 Å². The molecule has 100 valence electrons. The van der Waals surface area contributed by atoms with Crippen molar-refractivity contribution in [1.82, 2.24) is 9.97 Å². The van der Waals surface area contributed by atoms with Crippen LogP contribution in [-0.2, 0) is 14.2 Å². The standard InChI is InChI=1S/C8H10BrN3O5S.Na/c1-15-7-8(18-17-16-14)10-4-5(12-7)11-6(13)2-3-9;/h4,14H,2-3H2,1H3,(H,11,12,13);/q;+1/p-1. The van der Waals surface area contributed by atoms with Crippen molar-refractivity contribution in [3.05, 3.63) is 6.20 Å². The van der Waals surface area contributed by atoms with Gasteiger partial charge in [-0.3, -0.25) is 9.83 Å². The fourth-order valence-corrected chi connectivity index (χ4v) is 1.70. The molecule has 11 heteroatoms. The van der Waals surface area contributed by atoms with E-state index in [4.69, 9.17) is 4.74 Å². The van der Waals surface area contributed by atoms with Crippen molar-refractivity contribution in [2.45, 2.75) is 11.4 Å². The normalized spacial score (nSPS) is 9.63. The number of methoxy groups -OCH3 is 1. The Labute approximate surface area is 144 Å². The molecular formula is C8H9BrN3NaO5S. The number of aromatic nitrogens is 2. The Bertz CT molecular complexity index is 414. The van der Waals surface area contributed by atoms with Crippen LogP contribution in [-0.4, -0.2) is 28.3 Å². The topological polar surface area (TPSA) is 106 Å². The number of nitrogens with zero attached hydrogens (tertiary/aromatic N) is 2. The third kappa shape index (κ3) is 6.86. The summed E-state index contributed by atoms with van der Waals surface area (Å²) < 4.78 is 9.04. The van der Waals surface area contributed by atoms with Crippen LogP contribution in [0, 0.1) is 0 Å². The summed E-state index contributed by atoms with van der Waals surface area (Å²) in [5, 5.41) is 16.2. The molecule has 0 aliphatic heterocycles. The summed E-state index contributed by atoms with van der Waals surface area (Å²) in [7, 11) is 1.37. The number of amides is 1. The van der Waals surface area contributed by atoms with E-state index < -0.39 is 0 Å². The number of anilines is 1. The smallest absolute Gasteiger partial charge is 0.691 e. The van der Waals surface area contributed by atoms with Gasteiger partial charge in [-0.1, -0.05) is 15.9 Å². The maximum absolute atomic E-state index is 11.3. The van der Waals surface area contributed by atoms with Crippen molar-refractivity contribution in [2.75, 3.05) is 17.8 Å². The van der Waals surface area contributed by atoms with Gasteiger partial charge in [-0.25, -0.2) is 4.98 Å². The van der Waals surface area contributed by atoms with Crippen LogP contribution in [0.2, 0.25) is 0 Å². The Morgan fingerprint density at radius 2 is 2.37 bits per heavy atom. The molecule has 1 heterocycles. The van der Waals surface area contributed by atoms with E-state index in [1.807, 2.05) is 0 Å². The number of hydrogen-bond acceptors (Lipinski definition) is 8. The summed E-state index contributed by atoms with van der Waals surface area (Å²) in [6, 6.07) is 0. The van der Waals surface area contributed by atoms with Gasteiger partial charge in [0.25, 0.3) is 5.88 Å². The Morgan fingerprint density at radius 3 is 2.95 bits per heavy atom. The number of nitrogens with one attached hydrogen (secondary N) is 1. The van der Waals surface area contributed by atoms with Gasteiger partial charge < -0.3 is 15.3 Å². The average molecular weight is 362 g/mol. The molecule has 1 N–H and O–H groups in total. The van der Waals surface area contributed by atoms with Gasteiger partial charge >= 0.3 is 29.6 Å². The summed E-state index contributed by atoms with van der Waals surface area (Å²) in [5.41, 5.74) is 0. The molecule has 0 fully saturated rings. The quantitative estimate of drug-likeness (QED) is 0.186. The molecule has 8 nitrogen and oxygen atoms in total. The third-order valence-corrected chi connectivity index (χ3v) is 2.59. The van der Waals surface area contributed by atoms with Crippen LogP contribution < -0.4 is 44.9 Å². The minimum Gasteiger partial charge on any atom is -0.691 e. The first-order valence-electron chi connectivity index (χ1n) is 4.61. The van der Waals surface area contributed by atoms with Gasteiger partial charge in [0, 0.05) is 11.8 Å². The van der Waals surface area contributed by atoms with E-state index in [2.05, 4.69) is 40.6 Å². The van der Waals surface area contributed by atoms with Crippen molar-refractivity contribution in [1.29, 1.82) is 0 Å². The predicted octanol–water partition coefficient (Wildman–Crippen LogP) is -2.56. The summed E-state index contributed by atoms with van der Waals surface area (Å²) in [6.07, 6.45) is 1.62. The van der Waals surface area contributed by atoms with Crippen molar-refractivity contribution in [2.24, 2.45) is 0 Å². The van der Waals surface area contributed by atoms with Crippen molar-refractivity contribution < 1.29 is 53.7 Å². The van der Waals surface area contributed by atoms with Gasteiger partial charge in [-0.05, 0) is 0 Å². The summed E-state index contributed by atoms with van der Waals surface area (Å²) >= 11 is 3.70. The molecule has 1 aromatic rings. The summed E-state index contributed by atoms with van der Waals surface area (Å²) in [4.78, 5) is 19.2. The maximum Gasteiger partial charge on any atom is 1.00 e. The molecule has 0 saturated carbocycles. The predicted molar refractivity (Wildman–Crippen MR) is 63.7 cm³/mol. The van der Waals surface area contributed by atoms with E-state index in [-0.39, 0.29) is 52.2 Å². The van der Waals surface area contributed by atoms with Crippen LogP contribution in [0.4, 0.5) is 5.82 Å². The van der Waals surface area contributed by atoms with Crippen LogP contribution in [0.5, 0.6) is 5.88 Å². The maximum atomic E-state index is 11.3. The van der Waals surface area contributed by atoms with E-state index >= 15 is 0 Å². The van der Waals surface area contributed by atoms with Crippen LogP contribution in [0.1, 0.15) is 6.42 Å². The van der Waals surface area contributed by atoms with Gasteiger partial charge in [0.1, 0.15) is 0 Å². The van der Waals surface area contributed by atoms with E-state index in [0.29, 0.717) is 23.8 Å². The molecule has 0 aliphatic carbocycles. The Morgan fingerprint density at radius 1 is 1.63 bits per heavy atom. The number of alkyl halides is 1. The molecule has 19 heavy (non-hydrogen) atoms. The number of hydrogen-bond donors (Lipinski definition) is 1. The molecule has 1 rings (SSSR count). The molecule has 0 aliphatic rings. The van der Waals surface area contributed by atoms with E-state index in [9.17, 15) is 10.1 Å². The first-order valence-corrected chi connectivity index (χ1v) is 6.47. The third-order valence-electron chi connectivity index (χ3n) is 1.63. The first kappa shape index (κ1) is 19.1.